The third kappa shape index (κ3) is 5.07. The summed E-state index contributed by atoms with van der Waals surface area (Å²) in [5.74, 6) is 0.393. The third-order valence-corrected chi connectivity index (χ3v) is 5.32. The molecule has 2 atom stereocenters. The first-order valence-corrected chi connectivity index (χ1v) is 8.88. The number of aliphatic hydroxyl groups is 1. The Morgan fingerprint density at radius 2 is 2.10 bits per heavy atom. The highest BCUT2D eigenvalue weighted by Crippen LogP contribution is 2.17. The largest absolute Gasteiger partial charge is 0.391 e. The normalized spacial score (nSPS) is 22.1. The van der Waals surface area contributed by atoms with Crippen LogP contribution >= 0.6 is 0 Å². The van der Waals surface area contributed by atoms with Crippen LogP contribution < -0.4 is 4.72 Å². The molecule has 1 fully saturated rings. The van der Waals surface area contributed by atoms with Gasteiger partial charge in [-0.05, 0) is 30.7 Å². The highest BCUT2D eigenvalue weighted by Gasteiger charge is 2.27. The van der Waals surface area contributed by atoms with Crippen LogP contribution in [0.2, 0.25) is 0 Å². The Kier molecular flexibility index (Phi) is 5.75. The molecule has 1 aromatic carbocycles. The molecule has 0 radical (unpaired) electrons. The van der Waals surface area contributed by atoms with Crippen LogP contribution in [0.5, 0.6) is 0 Å². The molecule has 0 aliphatic carbocycles. The number of benzene rings is 1. The molecule has 1 aliphatic rings. The lowest BCUT2D eigenvalue weighted by Gasteiger charge is -2.30. The molecule has 0 spiro atoms. The van der Waals surface area contributed by atoms with Crippen molar-refractivity contribution in [2.45, 2.75) is 32.3 Å². The van der Waals surface area contributed by atoms with E-state index in [1.807, 2.05) is 30.3 Å². The fraction of sp³-hybridized carbons (Fsp3) is 0.600. The Hall–Kier alpha value is -0.950. The summed E-state index contributed by atoms with van der Waals surface area (Å²) in [6, 6.07) is 9.56. The number of rotatable bonds is 6. The number of aliphatic hydroxyl groups excluding tert-OH is 1. The van der Waals surface area contributed by atoms with Gasteiger partial charge < -0.3 is 5.11 Å². The van der Waals surface area contributed by atoms with Crippen molar-refractivity contribution in [3.05, 3.63) is 35.9 Å². The molecule has 2 rings (SSSR count). The van der Waals surface area contributed by atoms with E-state index in [2.05, 4.69) is 11.6 Å². The minimum atomic E-state index is -3.48. The minimum Gasteiger partial charge on any atom is -0.391 e. The zero-order valence-corrected chi connectivity index (χ0v) is 13.2. The zero-order valence-electron chi connectivity index (χ0n) is 12.4. The van der Waals surface area contributed by atoms with Gasteiger partial charge in [-0.2, -0.15) is 17.4 Å². The van der Waals surface area contributed by atoms with E-state index in [1.165, 1.54) is 4.31 Å². The molecule has 1 aliphatic heterocycles. The van der Waals surface area contributed by atoms with Gasteiger partial charge in [-0.15, -0.1) is 0 Å². The van der Waals surface area contributed by atoms with Crippen LogP contribution in [0, 0.1) is 5.92 Å². The van der Waals surface area contributed by atoms with Gasteiger partial charge in [-0.3, -0.25) is 0 Å². The van der Waals surface area contributed by atoms with Crippen LogP contribution in [-0.2, 0) is 16.6 Å². The van der Waals surface area contributed by atoms with E-state index in [4.69, 9.17) is 0 Å². The fourth-order valence-electron chi connectivity index (χ4n) is 2.62. The Balaban J connectivity index is 1.83. The quantitative estimate of drug-likeness (QED) is 0.828. The fourth-order valence-corrected chi connectivity index (χ4v) is 4.02. The predicted molar refractivity (Wildman–Crippen MR) is 83.0 cm³/mol. The summed E-state index contributed by atoms with van der Waals surface area (Å²) >= 11 is 0. The average molecular weight is 312 g/mol. The first-order valence-electron chi connectivity index (χ1n) is 7.44. The van der Waals surface area contributed by atoms with Crippen molar-refractivity contribution in [2.75, 3.05) is 19.6 Å². The van der Waals surface area contributed by atoms with Gasteiger partial charge in [-0.1, -0.05) is 37.3 Å². The monoisotopic (exact) mass is 312 g/mol. The molecule has 1 saturated heterocycles. The lowest BCUT2D eigenvalue weighted by atomic mass is 10.0. The lowest BCUT2D eigenvalue weighted by Crippen LogP contribution is -2.47. The first kappa shape index (κ1) is 16.4. The van der Waals surface area contributed by atoms with E-state index in [9.17, 15) is 13.5 Å². The van der Waals surface area contributed by atoms with Gasteiger partial charge in [0.15, 0.2) is 0 Å². The molecule has 1 aromatic rings. The third-order valence-electron chi connectivity index (χ3n) is 3.78. The van der Waals surface area contributed by atoms with Crippen molar-refractivity contribution in [3.8, 4) is 0 Å². The summed E-state index contributed by atoms with van der Waals surface area (Å²) in [4.78, 5) is 0. The predicted octanol–water partition coefficient (Wildman–Crippen LogP) is 1.16. The maximum absolute atomic E-state index is 12.2. The summed E-state index contributed by atoms with van der Waals surface area (Å²) in [5.41, 5.74) is 0.996. The summed E-state index contributed by atoms with van der Waals surface area (Å²) in [6.45, 7) is 3.23. The molecule has 2 N–H and O–H groups in total. The maximum Gasteiger partial charge on any atom is 0.279 e. The second-order valence-electron chi connectivity index (χ2n) is 5.80. The molecule has 0 bridgehead atoms. The smallest absolute Gasteiger partial charge is 0.279 e. The van der Waals surface area contributed by atoms with Gasteiger partial charge in [0.05, 0.1) is 6.10 Å². The molecule has 0 unspecified atom stereocenters. The van der Waals surface area contributed by atoms with Crippen LogP contribution in [-0.4, -0.2) is 43.6 Å². The standard InChI is InChI=1S/C15H24N2O3S/c1-13-6-5-9-17(12-13)21(19,20)16-11-15(18)10-14-7-3-2-4-8-14/h2-4,7-8,13,15-16,18H,5-6,9-12H2,1H3/t13-,15-/m1/s1. The van der Waals surface area contributed by atoms with E-state index < -0.39 is 16.3 Å². The molecule has 118 valence electrons. The van der Waals surface area contributed by atoms with E-state index in [0.717, 1.165) is 18.4 Å². The molecule has 0 amide bonds. The lowest BCUT2D eigenvalue weighted by molar-refractivity contribution is 0.177. The van der Waals surface area contributed by atoms with Gasteiger partial charge in [0.2, 0.25) is 0 Å². The van der Waals surface area contributed by atoms with Crippen molar-refractivity contribution in [3.63, 3.8) is 0 Å². The SMILES string of the molecule is C[C@@H]1CCCN(S(=O)(=O)NC[C@H](O)Cc2ccccc2)C1. The highest BCUT2D eigenvalue weighted by atomic mass is 32.2. The Morgan fingerprint density at radius 3 is 2.76 bits per heavy atom. The molecule has 5 nitrogen and oxygen atoms in total. The molecular weight excluding hydrogens is 288 g/mol. The number of nitrogens with zero attached hydrogens (tertiary/aromatic N) is 1. The van der Waals surface area contributed by atoms with Crippen molar-refractivity contribution in [1.29, 1.82) is 0 Å². The number of hydrogen-bond donors (Lipinski definition) is 2. The van der Waals surface area contributed by atoms with Crippen molar-refractivity contribution in [1.82, 2.24) is 9.03 Å². The second-order valence-corrected chi connectivity index (χ2v) is 7.56. The van der Waals surface area contributed by atoms with Crippen LogP contribution in [0.3, 0.4) is 0 Å². The van der Waals surface area contributed by atoms with Crippen LogP contribution in [0.4, 0.5) is 0 Å². The van der Waals surface area contributed by atoms with E-state index >= 15 is 0 Å². The highest BCUT2D eigenvalue weighted by molar-refractivity contribution is 7.87. The topological polar surface area (TPSA) is 69.6 Å². The van der Waals surface area contributed by atoms with Crippen LogP contribution in [0.15, 0.2) is 30.3 Å². The minimum absolute atomic E-state index is 0.0438. The van der Waals surface area contributed by atoms with E-state index in [1.54, 1.807) is 0 Å². The molecule has 6 heteroatoms. The summed E-state index contributed by atoms with van der Waals surface area (Å²) in [6.07, 6.45) is 1.70. The van der Waals surface area contributed by atoms with Crippen molar-refractivity contribution >= 4 is 10.2 Å². The zero-order chi connectivity index (χ0) is 15.3. The van der Waals surface area contributed by atoms with Crippen LogP contribution in [0.1, 0.15) is 25.3 Å². The van der Waals surface area contributed by atoms with E-state index in [0.29, 0.717) is 25.4 Å². The van der Waals surface area contributed by atoms with Gasteiger partial charge in [0, 0.05) is 19.6 Å². The van der Waals surface area contributed by atoms with Crippen molar-refractivity contribution in [2.24, 2.45) is 5.92 Å². The van der Waals surface area contributed by atoms with Gasteiger partial charge in [0.1, 0.15) is 0 Å². The Bertz CT molecular complexity index is 533. The van der Waals surface area contributed by atoms with Crippen LogP contribution in [0.25, 0.3) is 0 Å². The maximum atomic E-state index is 12.2. The average Bonchev–Trinajstić information content (AvgIpc) is 2.46. The number of piperidine rings is 1. The number of nitrogens with one attached hydrogen (secondary N) is 1. The molecular formula is C15H24N2O3S. The van der Waals surface area contributed by atoms with Crippen molar-refractivity contribution < 1.29 is 13.5 Å². The Morgan fingerprint density at radius 1 is 1.38 bits per heavy atom. The van der Waals surface area contributed by atoms with Gasteiger partial charge >= 0.3 is 0 Å². The molecule has 21 heavy (non-hydrogen) atoms. The molecule has 0 aromatic heterocycles. The number of hydrogen-bond acceptors (Lipinski definition) is 3. The summed E-state index contributed by atoms with van der Waals surface area (Å²) in [5, 5.41) is 9.97. The molecule has 1 heterocycles. The first-order chi connectivity index (χ1) is 9.97. The molecule has 0 saturated carbocycles. The second kappa shape index (κ2) is 7.35. The summed E-state index contributed by atoms with van der Waals surface area (Å²) < 4.78 is 28.4. The Labute approximate surface area is 127 Å². The van der Waals surface area contributed by atoms with Gasteiger partial charge in [0.25, 0.3) is 10.2 Å². The van der Waals surface area contributed by atoms with E-state index in [-0.39, 0.29) is 6.54 Å². The summed E-state index contributed by atoms with van der Waals surface area (Å²) in [7, 11) is -3.48. The van der Waals surface area contributed by atoms with Gasteiger partial charge in [-0.25, -0.2) is 0 Å².